The standard InChI is InChI=1S/C21H21Cl2N3O4/c1-13-9-19(27)24-16-5-3-4-6-17(16)26(13)20(28)11-25(2)21(29)12-30-18-8-7-14(22)10-15(18)23/h3-8,10,13H,9,11-12H2,1-2H3,(H,24,27). The van der Waals surface area contributed by atoms with E-state index < -0.39 is 0 Å². The monoisotopic (exact) mass is 449 g/mol. The minimum Gasteiger partial charge on any atom is -0.482 e. The molecule has 0 aliphatic carbocycles. The first-order valence-electron chi connectivity index (χ1n) is 9.29. The van der Waals surface area contributed by atoms with Crippen LogP contribution in [0.4, 0.5) is 11.4 Å². The number of hydrogen-bond donors (Lipinski definition) is 1. The molecule has 9 heteroatoms. The lowest BCUT2D eigenvalue weighted by molar-refractivity contribution is -0.135. The molecular formula is C21H21Cl2N3O4. The normalized spacial score (nSPS) is 15.7. The van der Waals surface area contributed by atoms with Crippen LogP contribution in [0.25, 0.3) is 0 Å². The number of amides is 3. The predicted octanol–water partition coefficient (Wildman–Crippen LogP) is 3.59. The number of para-hydroxylation sites is 2. The summed E-state index contributed by atoms with van der Waals surface area (Å²) < 4.78 is 5.45. The van der Waals surface area contributed by atoms with Crippen LogP contribution >= 0.6 is 23.2 Å². The van der Waals surface area contributed by atoms with E-state index in [4.69, 9.17) is 27.9 Å². The smallest absolute Gasteiger partial charge is 0.260 e. The van der Waals surface area contributed by atoms with E-state index >= 15 is 0 Å². The van der Waals surface area contributed by atoms with Crippen LogP contribution in [0.5, 0.6) is 5.75 Å². The number of carbonyl (C=O) groups is 3. The molecule has 0 aromatic heterocycles. The molecule has 1 atom stereocenters. The van der Waals surface area contributed by atoms with Gasteiger partial charge in [0, 0.05) is 24.5 Å². The number of ether oxygens (including phenoxy) is 1. The van der Waals surface area contributed by atoms with Gasteiger partial charge in [-0.1, -0.05) is 35.3 Å². The Morgan fingerprint density at radius 1 is 1.23 bits per heavy atom. The second-order valence-electron chi connectivity index (χ2n) is 7.00. The Bertz CT molecular complexity index is 982. The van der Waals surface area contributed by atoms with Gasteiger partial charge in [-0.2, -0.15) is 0 Å². The second-order valence-corrected chi connectivity index (χ2v) is 7.84. The van der Waals surface area contributed by atoms with E-state index in [1.165, 1.54) is 18.0 Å². The van der Waals surface area contributed by atoms with Gasteiger partial charge in [-0.05, 0) is 37.3 Å². The van der Waals surface area contributed by atoms with E-state index in [1.807, 2.05) is 0 Å². The van der Waals surface area contributed by atoms with Gasteiger partial charge < -0.3 is 19.9 Å². The van der Waals surface area contributed by atoms with Gasteiger partial charge in [-0.25, -0.2) is 0 Å². The van der Waals surface area contributed by atoms with Crippen molar-refractivity contribution in [3.63, 3.8) is 0 Å². The molecule has 2 aromatic rings. The van der Waals surface area contributed by atoms with Gasteiger partial charge in [0.25, 0.3) is 5.91 Å². The van der Waals surface area contributed by atoms with Crippen LogP contribution in [0.2, 0.25) is 10.0 Å². The Balaban J connectivity index is 1.67. The third-order valence-corrected chi connectivity index (χ3v) is 5.20. The number of likely N-dealkylation sites (N-methyl/N-ethyl adjacent to an activating group) is 1. The summed E-state index contributed by atoms with van der Waals surface area (Å²) in [6.45, 7) is 1.35. The van der Waals surface area contributed by atoms with E-state index in [0.717, 1.165) is 0 Å². The average molecular weight is 450 g/mol. The Morgan fingerprint density at radius 2 is 1.97 bits per heavy atom. The van der Waals surface area contributed by atoms with Crippen molar-refractivity contribution in [1.82, 2.24) is 4.90 Å². The van der Waals surface area contributed by atoms with Gasteiger partial charge in [0.15, 0.2) is 6.61 Å². The van der Waals surface area contributed by atoms with Gasteiger partial charge in [0.1, 0.15) is 5.75 Å². The summed E-state index contributed by atoms with van der Waals surface area (Å²) in [6.07, 6.45) is 0.163. The molecule has 2 aromatic carbocycles. The number of benzene rings is 2. The molecule has 1 aliphatic rings. The molecule has 0 spiro atoms. The van der Waals surface area contributed by atoms with Crippen molar-refractivity contribution in [2.45, 2.75) is 19.4 Å². The minimum atomic E-state index is -0.390. The molecule has 1 unspecified atom stereocenters. The number of nitrogens with one attached hydrogen (secondary N) is 1. The first-order valence-corrected chi connectivity index (χ1v) is 10.0. The number of nitrogens with zero attached hydrogens (tertiary/aromatic N) is 2. The van der Waals surface area contributed by atoms with E-state index in [-0.39, 0.29) is 43.3 Å². The fraction of sp³-hybridized carbons (Fsp3) is 0.286. The third-order valence-electron chi connectivity index (χ3n) is 4.67. The second kappa shape index (κ2) is 9.36. The largest absolute Gasteiger partial charge is 0.482 e. The summed E-state index contributed by atoms with van der Waals surface area (Å²) in [7, 11) is 1.52. The fourth-order valence-corrected chi connectivity index (χ4v) is 3.64. The Labute approximate surface area is 184 Å². The van der Waals surface area contributed by atoms with Crippen molar-refractivity contribution in [1.29, 1.82) is 0 Å². The summed E-state index contributed by atoms with van der Waals surface area (Å²) in [4.78, 5) is 40.4. The number of carbonyl (C=O) groups excluding carboxylic acids is 3. The predicted molar refractivity (Wildman–Crippen MR) is 116 cm³/mol. The summed E-state index contributed by atoms with van der Waals surface area (Å²) in [5, 5.41) is 3.56. The highest BCUT2D eigenvalue weighted by atomic mass is 35.5. The van der Waals surface area contributed by atoms with E-state index in [0.29, 0.717) is 27.2 Å². The van der Waals surface area contributed by atoms with Crippen LogP contribution in [-0.2, 0) is 14.4 Å². The Hall–Kier alpha value is -2.77. The number of halogens is 2. The first-order chi connectivity index (χ1) is 14.3. The SMILES string of the molecule is CC1CC(=O)Nc2ccccc2N1C(=O)CN(C)C(=O)COc1ccc(Cl)cc1Cl. The van der Waals surface area contributed by atoms with Crippen LogP contribution < -0.4 is 15.0 Å². The third kappa shape index (κ3) is 5.04. The fourth-order valence-electron chi connectivity index (χ4n) is 3.18. The number of anilines is 2. The van der Waals surface area contributed by atoms with Crippen LogP contribution in [-0.4, -0.2) is 48.9 Å². The van der Waals surface area contributed by atoms with Crippen LogP contribution in [0.1, 0.15) is 13.3 Å². The van der Waals surface area contributed by atoms with Crippen LogP contribution in [0.15, 0.2) is 42.5 Å². The lowest BCUT2D eigenvalue weighted by Crippen LogP contribution is -2.46. The molecule has 158 valence electrons. The van der Waals surface area contributed by atoms with Gasteiger partial charge >= 0.3 is 0 Å². The van der Waals surface area contributed by atoms with Crippen LogP contribution in [0, 0.1) is 0 Å². The van der Waals surface area contributed by atoms with Gasteiger partial charge in [0.2, 0.25) is 11.8 Å². The molecule has 0 bridgehead atoms. The van der Waals surface area contributed by atoms with Crippen molar-refractivity contribution in [2.24, 2.45) is 0 Å². The topological polar surface area (TPSA) is 79.0 Å². The maximum Gasteiger partial charge on any atom is 0.260 e. The van der Waals surface area contributed by atoms with Crippen molar-refractivity contribution >= 4 is 52.3 Å². The first kappa shape index (κ1) is 21.9. The molecule has 1 heterocycles. The molecule has 0 saturated heterocycles. The zero-order valence-corrected chi connectivity index (χ0v) is 18.0. The summed E-state index contributed by atoms with van der Waals surface area (Å²) in [5.41, 5.74) is 1.17. The highest BCUT2D eigenvalue weighted by molar-refractivity contribution is 6.35. The maximum atomic E-state index is 13.0. The maximum absolute atomic E-state index is 13.0. The minimum absolute atomic E-state index is 0.163. The zero-order valence-electron chi connectivity index (χ0n) is 16.5. The molecule has 0 saturated carbocycles. The van der Waals surface area contributed by atoms with Gasteiger partial charge in [-0.15, -0.1) is 0 Å². The quantitative estimate of drug-likeness (QED) is 0.755. The molecule has 7 nitrogen and oxygen atoms in total. The number of hydrogen-bond acceptors (Lipinski definition) is 4. The summed E-state index contributed by atoms with van der Waals surface area (Å²) >= 11 is 11.9. The lowest BCUT2D eigenvalue weighted by atomic mass is 10.1. The highest BCUT2D eigenvalue weighted by Crippen LogP contribution is 2.31. The van der Waals surface area contributed by atoms with Crippen molar-refractivity contribution in [2.75, 3.05) is 30.4 Å². The van der Waals surface area contributed by atoms with E-state index in [9.17, 15) is 14.4 Å². The molecule has 1 aliphatic heterocycles. The van der Waals surface area contributed by atoms with Gasteiger partial charge in [-0.3, -0.25) is 14.4 Å². The Morgan fingerprint density at radius 3 is 2.70 bits per heavy atom. The molecule has 3 amide bonds. The van der Waals surface area contributed by atoms with Crippen molar-refractivity contribution < 1.29 is 19.1 Å². The lowest BCUT2D eigenvalue weighted by Gasteiger charge is -2.29. The van der Waals surface area contributed by atoms with Crippen LogP contribution in [0.3, 0.4) is 0 Å². The molecule has 0 radical (unpaired) electrons. The zero-order chi connectivity index (χ0) is 21.8. The number of fused-ring (bicyclic) bond motifs is 1. The molecule has 3 rings (SSSR count). The van der Waals surface area contributed by atoms with E-state index in [1.54, 1.807) is 48.2 Å². The molecular weight excluding hydrogens is 429 g/mol. The van der Waals surface area contributed by atoms with Gasteiger partial charge in [0.05, 0.1) is 22.9 Å². The van der Waals surface area contributed by atoms with Crippen molar-refractivity contribution in [3.8, 4) is 5.75 Å². The van der Waals surface area contributed by atoms with Crippen molar-refractivity contribution in [3.05, 3.63) is 52.5 Å². The Kier molecular flexibility index (Phi) is 6.84. The molecule has 30 heavy (non-hydrogen) atoms. The summed E-state index contributed by atoms with van der Waals surface area (Å²) in [6, 6.07) is 11.4. The molecule has 1 N–H and O–H groups in total. The average Bonchev–Trinajstić information content (AvgIpc) is 2.81. The summed E-state index contributed by atoms with van der Waals surface area (Å²) in [5.74, 6) is -0.525. The number of rotatable bonds is 5. The highest BCUT2D eigenvalue weighted by Gasteiger charge is 2.30. The van der Waals surface area contributed by atoms with E-state index in [2.05, 4.69) is 5.32 Å². The molecule has 0 fully saturated rings.